The third-order valence-corrected chi connectivity index (χ3v) is 7.70. The van der Waals surface area contributed by atoms with Crippen molar-refractivity contribution in [3.8, 4) is 0 Å². The monoisotopic (exact) mass is 688 g/mol. The van der Waals surface area contributed by atoms with Crippen LogP contribution in [0.5, 0.6) is 0 Å². The van der Waals surface area contributed by atoms with Gasteiger partial charge in [-0.05, 0) is 62.9 Å². The first-order valence-electron chi connectivity index (χ1n) is 16.5. The molecule has 1 aliphatic heterocycles. The second-order valence-corrected chi connectivity index (χ2v) is 12.1. The fourth-order valence-corrected chi connectivity index (χ4v) is 4.79. The van der Waals surface area contributed by atoms with Gasteiger partial charge >= 0.3 is 6.09 Å². The number of aliphatic hydroxyl groups excluding tert-OH is 1. The van der Waals surface area contributed by atoms with Gasteiger partial charge in [-0.15, -0.1) is 0 Å². The highest BCUT2D eigenvalue weighted by Gasteiger charge is 2.29. The zero-order chi connectivity index (χ0) is 36.3. The highest BCUT2D eigenvalue weighted by molar-refractivity contribution is 6.12. The van der Waals surface area contributed by atoms with Crippen molar-refractivity contribution in [2.75, 3.05) is 45.6 Å². The summed E-state index contributed by atoms with van der Waals surface area (Å²) in [6.07, 6.45) is 3.20. The summed E-state index contributed by atoms with van der Waals surface area (Å²) in [6.45, 7) is 5.31. The normalized spacial score (nSPS) is 14.4. The summed E-state index contributed by atoms with van der Waals surface area (Å²) in [5, 5.41) is 23.3. The van der Waals surface area contributed by atoms with Crippen molar-refractivity contribution in [3.05, 3.63) is 42.0 Å². The van der Waals surface area contributed by atoms with Crippen LogP contribution in [0, 0.1) is 5.92 Å². The molecule has 3 atom stereocenters. The number of nitrogens with one attached hydrogen (secondary N) is 5. The van der Waals surface area contributed by atoms with Crippen LogP contribution in [0.3, 0.4) is 0 Å². The number of carbonyl (C=O) groups excluding carboxylic acids is 6. The van der Waals surface area contributed by atoms with E-state index in [1.165, 1.54) is 17.1 Å². The van der Waals surface area contributed by atoms with Gasteiger partial charge in [0.1, 0.15) is 18.7 Å². The molecule has 0 saturated carbocycles. The smallest absolute Gasteiger partial charge is 0.409 e. The number of anilines is 1. The largest absolute Gasteiger partial charge is 0.445 e. The van der Waals surface area contributed by atoms with Crippen LogP contribution in [0.4, 0.5) is 10.5 Å². The molecule has 1 aliphatic rings. The van der Waals surface area contributed by atoms with Gasteiger partial charge in [0.25, 0.3) is 11.8 Å². The van der Waals surface area contributed by atoms with E-state index in [1.54, 1.807) is 52.2 Å². The molecule has 2 rings (SSSR count). The number of rotatable bonds is 22. The number of hydrogen-bond acceptors (Lipinski definition) is 11. The standard InChI is InChI=1S/C33H52N8O8/c1-22(2)29(39-26(42)10-6-5-7-19-41-27(43)15-16-28(41)44)31(46)38-25(9-8-17-36-32(34)47)30(45)37-24-13-11-23(12-14-24)21-49-33(48)40(4)20-18-35-3/h11-16,22,25,29,32,35-36,47H,5-10,17-21,34H2,1-4H3,(H,37,45)(H,38,46)(H,39,42)/t25?,29-,32?/m0/s1. The molecule has 49 heavy (non-hydrogen) atoms. The third kappa shape index (κ3) is 15.2. The van der Waals surface area contributed by atoms with Crippen molar-refractivity contribution in [2.24, 2.45) is 11.7 Å². The maximum atomic E-state index is 13.4. The lowest BCUT2D eigenvalue weighted by atomic mass is 10.0. The number of hydrogen-bond donors (Lipinski definition) is 7. The van der Waals surface area contributed by atoms with E-state index in [0.717, 1.165) is 4.90 Å². The van der Waals surface area contributed by atoms with Crippen molar-refractivity contribution in [1.29, 1.82) is 0 Å². The van der Waals surface area contributed by atoms with Gasteiger partial charge in [0.15, 0.2) is 6.35 Å². The second-order valence-electron chi connectivity index (χ2n) is 12.1. The summed E-state index contributed by atoms with van der Waals surface area (Å²) in [5.74, 6) is -2.30. The molecule has 2 unspecified atom stereocenters. The second kappa shape index (κ2) is 21.6. The van der Waals surface area contributed by atoms with Gasteiger partial charge in [0.2, 0.25) is 17.7 Å². The average molecular weight is 689 g/mol. The molecular weight excluding hydrogens is 636 g/mol. The van der Waals surface area contributed by atoms with Crippen LogP contribution in [0.15, 0.2) is 36.4 Å². The summed E-state index contributed by atoms with van der Waals surface area (Å²) < 4.78 is 5.32. The molecule has 8 N–H and O–H groups in total. The minimum atomic E-state index is -1.23. The van der Waals surface area contributed by atoms with Crippen LogP contribution in [-0.4, -0.2) is 109 Å². The fraction of sp³-hybridized carbons (Fsp3) is 0.576. The van der Waals surface area contributed by atoms with Gasteiger partial charge in [-0.25, -0.2) is 4.79 Å². The van der Waals surface area contributed by atoms with E-state index in [9.17, 15) is 33.9 Å². The van der Waals surface area contributed by atoms with Crippen molar-refractivity contribution >= 4 is 41.3 Å². The number of imide groups is 1. The van der Waals surface area contributed by atoms with Gasteiger partial charge < -0.3 is 36.0 Å². The zero-order valence-corrected chi connectivity index (χ0v) is 28.8. The Balaban J connectivity index is 1.94. The number of benzene rings is 1. The van der Waals surface area contributed by atoms with Crippen LogP contribution in [0.25, 0.3) is 0 Å². The van der Waals surface area contributed by atoms with Crippen molar-refractivity contribution in [3.63, 3.8) is 0 Å². The van der Waals surface area contributed by atoms with E-state index in [4.69, 9.17) is 10.5 Å². The Hall–Kier alpha value is -4.38. The number of aliphatic hydroxyl groups is 1. The third-order valence-electron chi connectivity index (χ3n) is 7.70. The van der Waals surface area contributed by atoms with Crippen molar-refractivity contribution in [2.45, 2.75) is 77.4 Å². The maximum absolute atomic E-state index is 13.4. The molecule has 0 spiro atoms. The predicted octanol–water partition coefficient (Wildman–Crippen LogP) is 0.128. The average Bonchev–Trinajstić information content (AvgIpc) is 3.38. The Morgan fingerprint density at radius 1 is 0.939 bits per heavy atom. The number of ether oxygens (including phenoxy) is 1. The van der Waals surface area contributed by atoms with Crippen molar-refractivity contribution < 1.29 is 38.6 Å². The molecule has 0 aliphatic carbocycles. The lowest BCUT2D eigenvalue weighted by molar-refractivity contribution is -0.137. The van der Waals surface area contributed by atoms with E-state index in [0.29, 0.717) is 50.0 Å². The van der Waals surface area contributed by atoms with Crippen LogP contribution in [0.2, 0.25) is 0 Å². The molecular formula is C33H52N8O8. The maximum Gasteiger partial charge on any atom is 0.409 e. The fourth-order valence-electron chi connectivity index (χ4n) is 4.79. The van der Waals surface area contributed by atoms with Gasteiger partial charge in [-0.3, -0.25) is 39.9 Å². The molecule has 0 bridgehead atoms. The molecule has 272 valence electrons. The first kappa shape index (κ1) is 40.8. The van der Waals surface area contributed by atoms with E-state index in [-0.39, 0.29) is 56.2 Å². The lowest BCUT2D eigenvalue weighted by Gasteiger charge is -2.25. The molecule has 16 nitrogen and oxygen atoms in total. The van der Waals surface area contributed by atoms with Gasteiger partial charge in [-0.2, -0.15) is 0 Å². The van der Waals surface area contributed by atoms with Crippen molar-refractivity contribution in [1.82, 2.24) is 31.1 Å². The van der Waals surface area contributed by atoms with Crippen LogP contribution in [0.1, 0.15) is 57.9 Å². The molecule has 0 fully saturated rings. The van der Waals surface area contributed by atoms with Crippen LogP contribution in [-0.2, 0) is 35.3 Å². The predicted molar refractivity (Wildman–Crippen MR) is 182 cm³/mol. The number of amides is 6. The first-order chi connectivity index (χ1) is 23.3. The summed E-state index contributed by atoms with van der Waals surface area (Å²) in [7, 11) is 3.44. The van der Waals surface area contributed by atoms with E-state index in [2.05, 4.69) is 26.6 Å². The summed E-state index contributed by atoms with van der Waals surface area (Å²) >= 11 is 0. The Morgan fingerprint density at radius 2 is 1.61 bits per heavy atom. The number of nitrogens with two attached hydrogens (primary N) is 1. The molecule has 1 aromatic carbocycles. The first-order valence-corrected chi connectivity index (χ1v) is 16.5. The van der Waals surface area contributed by atoms with Gasteiger partial charge in [0.05, 0.1) is 0 Å². The minimum absolute atomic E-state index is 0.0519. The molecule has 0 aromatic heterocycles. The zero-order valence-electron chi connectivity index (χ0n) is 28.8. The number of unbranched alkanes of at least 4 members (excludes halogenated alkanes) is 2. The molecule has 0 radical (unpaired) electrons. The molecule has 1 aromatic rings. The Labute approximate surface area is 287 Å². The topological polar surface area (TPSA) is 225 Å². The Kier molecular flexibility index (Phi) is 18.0. The summed E-state index contributed by atoms with van der Waals surface area (Å²) in [6, 6.07) is 4.86. The van der Waals surface area contributed by atoms with Crippen LogP contribution < -0.4 is 32.3 Å². The number of nitrogens with zero attached hydrogens (tertiary/aromatic N) is 2. The van der Waals surface area contributed by atoms with E-state index < -0.39 is 36.3 Å². The van der Waals surface area contributed by atoms with E-state index in [1.807, 2.05) is 0 Å². The highest BCUT2D eigenvalue weighted by Crippen LogP contribution is 2.14. The molecule has 0 saturated heterocycles. The van der Waals surface area contributed by atoms with Gasteiger partial charge in [-0.1, -0.05) is 32.4 Å². The molecule has 6 amide bonds. The number of likely N-dealkylation sites (N-methyl/N-ethyl adjacent to an activating group) is 2. The number of carbonyl (C=O) groups is 6. The Morgan fingerprint density at radius 3 is 2.22 bits per heavy atom. The summed E-state index contributed by atoms with van der Waals surface area (Å²) in [4.78, 5) is 77.6. The minimum Gasteiger partial charge on any atom is -0.445 e. The molecule has 1 heterocycles. The van der Waals surface area contributed by atoms with Gasteiger partial charge in [0, 0.05) is 50.9 Å². The highest BCUT2D eigenvalue weighted by atomic mass is 16.6. The molecule has 16 heteroatoms. The quantitative estimate of drug-likeness (QED) is 0.0492. The lowest BCUT2D eigenvalue weighted by Crippen LogP contribution is -2.54. The summed E-state index contributed by atoms with van der Waals surface area (Å²) in [5.41, 5.74) is 6.52. The SMILES string of the molecule is CNCCN(C)C(=O)OCc1ccc(NC(=O)C(CCCNC(N)O)NC(=O)[C@@H](NC(=O)CCCCCN2C(=O)C=CC2=O)C(C)C)cc1. The van der Waals surface area contributed by atoms with E-state index >= 15 is 0 Å². The Bertz CT molecular complexity index is 1270. The van der Waals surface area contributed by atoms with Crippen LogP contribution >= 0.6 is 0 Å².